The van der Waals surface area contributed by atoms with Crippen LogP contribution in [0.1, 0.15) is 12.5 Å². The Morgan fingerprint density at radius 3 is 2.40 bits per heavy atom. The summed E-state index contributed by atoms with van der Waals surface area (Å²) in [5, 5.41) is 3.35. The van der Waals surface area contributed by atoms with Gasteiger partial charge < -0.3 is 20.0 Å². The van der Waals surface area contributed by atoms with Crippen molar-refractivity contribution in [3.8, 4) is 0 Å². The summed E-state index contributed by atoms with van der Waals surface area (Å²) in [5.41, 5.74) is 1.10. The maximum Gasteiger partial charge on any atom is 0.403 e. The Hall–Kier alpha value is -2.07. The number of aliphatic imine (C=N–C) groups is 1. The fourth-order valence-electron chi connectivity index (χ4n) is 3.82. The number of rotatable bonds is 4. The van der Waals surface area contributed by atoms with Crippen LogP contribution in [0.15, 0.2) is 23.3 Å². The van der Waals surface area contributed by atoms with Crippen LogP contribution >= 0.6 is 0 Å². The highest BCUT2D eigenvalue weighted by atomic mass is 19.4. The van der Waals surface area contributed by atoms with Crippen LogP contribution in [0, 0.1) is 0 Å². The maximum absolute atomic E-state index is 12.9. The molecule has 1 unspecified atom stereocenters. The molecule has 0 amide bonds. The minimum Gasteiger partial charge on any atom is -0.354 e. The molecule has 1 atom stereocenters. The first-order valence-electron chi connectivity index (χ1n) is 10.4. The number of halogens is 3. The molecule has 3 rings (SSSR count). The number of guanidine groups is 1. The molecule has 0 spiro atoms. The summed E-state index contributed by atoms with van der Waals surface area (Å²) in [6.07, 6.45) is -2.37. The number of hydrogen-bond acceptors (Lipinski definition) is 5. The van der Waals surface area contributed by atoms with Gasteiger partial charge in [0, 0.05) is 72.1 Å². The molecule has 2 saturated heterocycles. The Labute approximate surface area is 176 Å². The number of anilines is 1. The topological polar surface area (TPSA) is 50.2 Å². The van der Waals surface area contributed by atoms with Crippen molar-refractivity contribution in [3.05, 3.63) is 23.9 Å². The summed E-state index contributed by atoms with van der Waals surface area (Å²) >= 11 is 0. The van der Waals surface area contributed by atoms with E-state index in [0.717, 1.165) is 37.6 Å². The monoisotopic (exact) mass is 427 g/mol. The van der Waals surface area contributed by atoms with Crippen LogP contribution in [-0.4, -0.2) is 104 Å². The van der Waals surface area contributed by atoms with Crippen LogP contribution in [0.5, 0.6) is 0 Å². The second-order valence-corrected chi connectivity index (χ2v) is 7.95. The van der Waals surface area contributed by atoms with Crippen LogP contribution in [-0.2, 0) is 6.54 Å². The molecule has 0 aromatic carbocycles. The van der Waals surface area contributed by atoms with Crippen molar-refractivity contribution >= 4 is 11.8 Å². The van der Waals surface area contributed by atoms with E-state index in [2.05, 4.69) is 38.2 Å². The molecule has 3 heterocycles. The molecule has 30 heavy (non-hydrogen) atoms. The molecule has 2 aliphatic rings. The van der Waals surface area contributed by atoms with E-state index in [1.807, 2.05) is 17.2 Å². The molecular weight excluding hydrogens is 395 g/mol. The van der Waals surface area contributed by atoms with E-state index in [9.17, 15) is 13.2 Å². The van der Waals surface area contributed by atoms with Crippen molar-refractivity contribution in [2.75, 3.05) is 71.4 Å². The van der Waals surface area contributed by atoms with E-state index in [0.29, 0.717) is 38.7 Å². The average molecular weight is 428 g/mol. The van der Waals surface area contributed by atoms with Gasteiger partial charge in [0.15, 0.2) is 5.96 Å². The van der Waals surface area contributed by atoms with Gasteiger partial charge in [-0.15, -0.1) is 0 Å². The molecule has 1 aromatic heterocycles. The molecule has 0 radical (unpaired) electrons. The number of pyridine rings is 1. The average Bonchev–Trinajstić information content (AvgIpc) is 2.74. The van der Waals surface area contributed by atoms with Gasteiger partial charge in [-0.1, -0.05) is 0 Å². The predicted molar refractivity (Wildman–Crippen MR) is 113 cm³/mol. The summed E-state index contributed by atoms with van der Waals surface area (Å²) < 4.78 is 38.8. The molecule has 0 saturated carbocycles. The minimum absolute atomic E-state index is 0.365. The van der Waals surface area contributed by atoms with E-state index in [1.165, 1.54) is 11.8 Å². The highest BCUT2D eigenvalue weighted by Gasteiger charge is 2.41. The number of piperazine rings is 2. The molecule has 1 N–H and O–H groups in total. The van der Waals surface area contributed by atoms with Crippen molar-refractivity contribution in [3.63, 3.8) is 0 Å². The van der Waals surface area contributed by atoms with Crippen LogP contribution < -0.4 is 10.2 Å². The smallest absolute Gasteiger partial charge is 0.354 e. The SMILES string of the molecule is CN=C(NCc1ccnc(N2CCN(C)CC2)c1)N1CCN(C(C)C(F)(F)F)CC1. The summed E-state index contributed by atoms with van der Waals surface area (Å²) in [4.78, 5) is 16.9. The summed E-state index contributed by atoms with van der Waals surface area (Å²) in [7, 11) is 3.83. The van der Waals surface area contributed by atoms with Crippen LogP contribution in [0.25, 0.3) is 0 Å². The Morgan fingerprint density at radius 1 is 1.13 bits per heavy atom. The lowest BCUT2D eigenvalue weighted by molar-refractivity contribution is -0.181. The standard InChI is InChI=1S/C20H32F3N7/c1-16(20(21,22)23)28-10-12-30(13-11-28)19(24-2)26-15-17-4-5-25-18(14-17)29-8-6-27(3)7-9-29/h4-5,14,16H,6-13,15H2,1-3H3,(H,24,26). The normalized spacial score (nSPS) is 21.1. The lowest BCUT2D eigenvalue weighted by Gasteiger charge is -2.39. The van der Waals surface area contributed by atoms with Crippen molar-refractivity contribution in [1.82, 2.24) is 25.0 Å². The molecule has 0 bridgehead atoms. The third-order valence-electron chi connectivity index (χ3n) is 5.93. The van der Waals surface area contributed by atoms with Gasteiger partial charge in [-0.3, -0.25) is 9.89 Å². The second kappa shape index (κ2) is 9.82. The summed E-state index contributed by atoms with van der Waals surface area (Å²) in [6.45, 7) is 7.55. The van der Waals surface area contributed by atoms with Gasteiger partial charge in [0.2, 0.25) is 0 Å². The van der Waals surface area contributed by atoms with Crippen molar-refractivity contribution < 1.29 is 13.2 Å². The first kappa shape index (κ1) is 22.6. The van der Waals surface area contributed by atoms with E-state index in [-0.39, 0.29) is 0 Å². The molecule has 2 aliphatic heterocycles. The molecular formula is C20H32F3N7. The quantitative estimate of drug-likeness (QED) is 0.580. The van der Waals surface area contributed by atoms with Gasteiger partial charge in [0.1, 0.15) is 11.9 Å². The van der Waals surface area contributed by atoms with Gasteiger partial charge >= 0.3 is 6.18 Å². The fourth-order valence-corrected chi connectivity index (χ4v) is 3.82. The molecule has 7 nitrogen and oxygen atoms in total. The lowest BCUT2D eigenvalue weighted by Crippen LogP contribution is -2.56. The van der Waals surface area contributed by atoms with Gasteiger partial charge in [0.25, 0.3) is 0 Å². The van der Waals surface area contributed by atoms with E-state index in [1.54, 1.807) is 7.05 Å². The van der Waals surface area contributed by atoms with Gasteiger partial charge in [-0.05, 0) is 31.7 Å². The third-order valence-corrected chi connectivity index (χ3v) is 5.93. The number of aromatic nitrogens is 1. The molecule has 1 aromatic rings. The molecule has 168 valence electrons. The molecule has 2 fully saturated rings. The maximum atomic E-state index is 12.9. The Kier molecular flexibility index (Phi) is 7.41. The van der Waals surface area contributed by atoms with Crippen molar-refractivity contribution in [2.24, 2.45) is 4.99 Å². The van der Waals surface area contributed by atoms with Crippen molar-refractivity contribution in [1.29, 1.82) is 0 Å². The van der Waals surface area contributed by atoms with E-state index >= 15 is 0 Å². The third kappa shape index (κ3) is 5.75. The van der Waals surface area contributed by atoms with Crippen molar-refractivity contribution in [2.45, 2.75) is 25.7 Å². The number of likely N-dealkylation sites (N-methyl/N-ethyl adjacent to an activating group) is 1. The largest absolute Gasteiger partial charge is 0.403 e. The van der Waals surface area contributed by atoms with Crippen LogP contribution in [0.2, 0.25) is 0 Å². The predicted octanol–water partition coefficient (Wildman–Crippen LogP) is 1.48. The Balaban J connectivity index is 1.52. The lowest BCUT2D eigenvalue weighted by atomic mass is 10.2. The number of nitrogens with one attached hydrogen (secondary N) is 1. The Morgan fingerprint density at radius 2 is 1.80 bits per heavy atom. The van der Waals surface area contributed by atoms with E-state index in [4.69, 9.17) is 0 Å². The minimum atomic E-state index is -4.19. The van der Waals surface area contributed by atoms with Gasteiger partial charge in [0.05, 0.1) is 0 Å². The summed E-state index contributed by atoms with van der Waals surface area (Å²) in [6, 6.07) is 2.65. The highest BCUT2D eigenvalue weighted by Crippen LogP contribution is 2.25. The van der Waals surface area contributed by atoms with E-state index < -0.39 is 12.2 Å². The number of hydrogen-bond donors (Lipinski definition) is 1. The number of alkyl halides is 3. The molecule has 0 aliphatic carbocycles. The molecule has 10 heteroatoms. The van der Waals surface area contributed by atoms with Gasteiger partial charge in [-0.2, -0.15) is 13.2 Å². The summed E-state index contributed by atoms with van der Waals surface area (Å²) in [5.74, 6) is 1.69. The first-order chi connectivity index (χ1) is 14.3. The van der Waals surface area contributed by atoms with Crippen LogP contribution in [0.4, 0.5) is 19.0 Å². The van der Waals surface area contributed by atoms with Crippen LogP contribution in [0.3, 0.4) is 0 Å². The Bertz CT molecular complexity index is 709. The zero-order valence-corrected chi connectivity index (χ0v) is 18.0. The zero-order valence-electron chi connectivity index (χ0n) is 18.0. The van der Waals surface area contributed by atoms with Gasteiger partial charge in [-0.25, -0.2) is 4.98 Å². The zero-order chi connectivity index (χ0) is 21.7. The second-order valence-electron chi connectivity index (χ2n) is 7.95. The fraction of sp³-hybridized carbons (Fsp3) is 0.700. The number of nitrogens with zero attached hydrogens (tertiary/aromatic N) is 6. The first-order valence-corrected chi connectivity index (χ1v) is 10.4. The highest BCUT2D eigenvalue weighted by molar-refractivity contribution is 5.80.